The SMILES string of the molecule is CCCOc1cncc(C(CC(C)CC)NC)c1. The van der Waals surface area contributed by atoms with Gasteiger partial charge in [0.15, 0.2) is 0 Å². The van der Waals surface area contributed by atoms with Gasteiger partial charge in [0, 0.05) is 12.2 Å². The molecule has 3 nitrogen and oxygen atoms in total. The van der Waals surface area contributed by atoms with Gasteiger partial charge in [-0.1, -0.05) is 27.2 Å². The third-order valence-electron chi connectivity index (χ3n) is 3.29. The molecule has 0 aliphatic rings. The van der Waals surface area contributed by atoms with Crippen LogP contribution in [-0.2, 0) is 0 Å². The van der Waals surface area contributed by atoms with Crippen LogP contribution in [0.4, 0.5) is 0 Å². The standard InChI is InChI=1S/C15H26N2O/c1-5-7-18-14-9-13(10-17-11-14)15(16-4)8-12(3)6-2/h9-12,15-16H,5-8H2,1-4H3. The summed E-state index contributed by atoms with van der Waals surface area (Å²) in [7, 11) is 2.01. The van der Waals surface area contributed by atoms with E-state index >= 15 is 0 Å². The minimum Gasteiger partial charge on any atom is -0.492 e. The minimum absolute atomic E-state index is 0.359. The second kappa shape index (κ2) is 8.09. The number of hydrogen-bond acceptors (Lipinski definition) is 3. The number of hydrogen-bond donors (Lipinski definition) is 1. The van der Waals surface area contributed by atoms with Gasteiger partial charge in [0.1, 0.15) is 5.75 Å². The van der Waals surface area contributed by atoms with Gasteiger partial charge in [-0.2, -0.15) is 0 Å². The topological polar surface area (TPSA) is 34.1 Å². The molecule has 2 atom stereocenters. The largest absolute Gasteiger partial charge is 0.492 e. The second-order valence-corrected chi connectivity index (χ2v) is 4.89. The van der Waals surface area contributed by atoms with Crippen LogP contribution in [-0.4, -0.2) is 18.6 Å². The Hall–Kier alpha value is -1.09. The fourth-order valence-corrected chi connectivity index (χ4v) is 1.91. The lowest BCUT2D eigenvalue weighted by atomic mass is 9.95. The molecule has 0 aliphatic heterocycles. The highest BCUT2D eigenvalue weighted by atomic mass is 16.5. The maximum atomic E-state index is 5.63. The summed E-state index contributed by atoms with van der Waals surface area (Å²) < 4.78 is 5.63. The molecule has 0 radical (unpaired) electrons. The highest BCUT2D eigenvalue weighted by molar-refractivity contribution is 5.26. The first kappa shape index (κ1) is 15.0. The average molecular weight is 250 g/mol. The van der Waals surface area contributed by atoms with Crippen LogP contribution in [0.2, 0.25) is 0 Å². The maximum Gasteiger partial charge on any atom is 0.137 e. The third kappa shape index (κ3) is 4.65. The van der Waals surface area contributed by atoms with Gasteiger partial charge in [-0.05, 0) is 37.4 Å². The minimum atomic E-state index is 0.359. The fourth-order valence-electron chi connectivity index (χ4n) is 1.91. The Kier molecular flexibility index (Phi) is 6.73. The van der Waals surface area contributed by atoms with Gasteiger partial charge in [-0.15, -0.1) is 0 Å². The number of rotatable bonds is 8. The quantitative estimate of drug-likeness (QED) is 0.766. The summed E-state index contributed by atoms with van der Waals surface area (Å²) in [6.45, 7) is 7.38. The van der Waals surface area contributed by atoms with Gasteiger partial charge in [0.25, 0.3) is 0 Å². The smallest absolute Gasteiger partial charge is 0.137 e. The zero-order valence-electron chi connectivity index (χ0n) is 12.1. The van der Waals surface area contributed by atoms with Crippen molar-refractivity contribution in [1.29, 1.82) is 0 Å². The molecule has 102 valence electrons. The molecular weight excluding hydrogens is 224 g/mol. The van der Waals surface area contributed by atoms with Gasteiger partial charge >= 0.3 is 0 Å². The first-order chi connectivity index (χ1) is 8.71. The van der Waals surface area contributed by atoms with Crippen molar-refractivity contribution in [3.8, 4) is 5.75 Å². The van der Waals surface area contributed by atoms with E-state index in [1.807, 2.05) is 13.2 Å². The lowest BCUT2D eigenvalue weighted by Gasteiger charge is -2.20. The maximum absolute atomic E-state index is 5.63. The van der Waals surface area contributed by atoms with E-state index in [0.29, 0.717) is 12.0 Å². The zero-order valence-corrected chi connectivity index (χ0v) is 12.1. The first-order valence-electron chi connectivity index (χ1n) is 6.96. The molecule has 0 fully saturated rings. The van der Waals surface area contributed by atoms with E-state index in [1.165, 1.54) is 12.0 Å². The predicted octanol–water partition coefficient (Wildman–Crippen LogP) is 3.57. The van der Waals surface area contributed by atoms with Gasteiger partial charge in [-0.3, -0.25) is 4.98 Å². The van der Waals surface area contributed by atoms with Crippen LogP contribution in [0.5, 0.6) is 5.75 Å². The van der Waals surface area contributed by atoms with Crippen LogP contribution in [0.3, 0.4) is 0 Å². The van der Waals surface area contributed by atoms with Crippen LogP contribution < -0.4 is 10.1 Å². The van der Waals surface area contributed by atoms with Crippen molar-refractivity contribution in [1.82, 2.24) is 10.3 Å². The molecular formula is C15H26N2O. The summed E-state index contributed by atoms with van der Waals surface area (Å²) in [6.07, 6.45) is 7.08. The number of pyridine rings is 1. The lowest BCUT2D eigenvalue weighted by Crippen LogP contribution is -2.19. The van der Waals surface area contributed by atoms with Crippen molar-refractivity contribution < 1.29 is 4.74 Å². The summed E-state index contributed by atoms with van der Waals surface area (Å²) in [5.41, 5.74) is 1.21. The molecule has 1 heterocycles. The van der Waals surface area contributed by atoms with E-state index in [9.17, 15) is 0 Å². The lowest BCUT2D eigenvalue weighted by molar-refractivity contribution is 0.315. The van der Waals surface area contributed by atoms with Crippen LogP contribution in [0.25, 0.3) is 0 Å². The molecule has 1 aromatic heterocycles. The summed E-state index contributed by atoms with van der Waals surface area (Å²) in [5, 5.41) is 3.37. The van der Waals surface area contributed by atoms with Crippen LogP contribution >= 0.6 is 0 Å². The first-order valence-corrected chi connectivity index (χ1v) is 6.96. The van der Waals surface area contributed by atoms with Crippen LogP contribution in [0, 0.1) is 5.92 Å². The Morgan fingerprint density at radius 2 is 2.11 bits per heavy atom. The van der Waals surface area contributed by atoms with Crippen molar-refractivity contribution >= 4 is 0 Å². The summed E-state index contributed by atoms with van der Waals surface area (Å²) in [6, 6.07) is 2.46. The Labute approximate surface area is 111 Å². The normalized spacial score (nSPS) is 14.2. The highest BCUT2D eigenvalue weighted by Crippen LogP contribution is 2.24. The number of ether oxygens (including phenoxy) is 1. The van der Waals surface area contributed by atoms with E-state index in [-0.39, 0.29) is 0 Å². The second-order valence-electron chi connectivity index (χ2n) is 4.89. The molecule has 18 heavy (non-hydrogen) atoms. The molecule has 0 amide bonds. The van der Waals surface area contributed by atoms with E-state index in [0.717, 1.165) is 25.2 Å². The van der Waals surface area contributed by atoms with Crippen molar-refractivity contribution in [2.24, 2.45) is 5.92 Å². The predicted molar refractivity (Wildman–Crippen MR) is 75.9 cm³/mol. The molecule has 0 aliphatic carbocycles. The molecule has 0 bridgehead atoms. The van der Waals surface area contributed by atoms with Crippen molar-refractivity contribution in [2.45, 2.75) is 46.1 Å². The Morgan fingerprint density at radius 1 is 1.33 bits per heavy atom. The molecule has 2 unspecified atom stereocenters. The van der Waals surface area contributed by atoms with Crippen LogP contribution in [0.1, 0.15) is 51.6 Å². The highest BCUT2D eigenvalue weighted by Gasteiger charge is 2.13. The summed E-state index contributed by atoms with van der Waals surface area (Å²) in [4.78, 5) is 4.27. The third-order valence-corrected chi connectivity index (χ3v) is 3.29. The Bertz CT molecular complexity index is 341. The average Bonchev–Trinajstić information content (AvgIpc) is 2.42. The number of aromatic nitrogens is 1. The van der Waals surface area contributed by atoms with Crippen molar-refractivity contribution in [2.75, 3.05) is 13.7 Å². The Balaban J connectivity index is 2.72. The van der Waals surface area contributed by atoms with E-state index in [1.54, 1.807) is 6.20 Å². The molecule has 0 saturated heterocycles. The summed E-state index contributed by atoms with van der Waals surface area (Å²) >= 11 is 0. The monoisotopic (exact) mass is 250 g/mol. The van der Waals surface area contributed by atoms with Crippen molar-refractivity contribution in [3.05, 3.63) is 24.0 Å². The molecule has 3 heteroatoms. The van der Waals surface area contributed by atoms with Gasteiger partial charge in [0.05, 0.1) is 12.8 Å². The van der Waals surface area contributed by atoms with Gasteiger partial charge in [0.2, 0.25) is 0 Å². The number of nitrogens with zero attached hydrogens (tertiary/aromatic N) is 1. The number of nitrogens with one attached hydrogen (secondary N) is 1. The van der Waals surface area contributed by atoms with Gasteiger partial charge < -0.3 is 10.1 Å². The molecule has 1 rings (SSSR count). The Morgan fingerprint density at radius 3 is 2.72 bits per heavy atom. The molecule has 0 spiro atoms. The van der Waals surface area contributed by atoms with E-state index in [2.05, 4.69) is 37.1 Å². The zero-order chi connectivity index (χ0) is 13.4. The van der Waals surface area contributed by atoms with E-state index in [4.69, 9.17) is 4.74 Å². The van der Waals surface area contributed by atoms with Gasteiger partial charge in [-0.25, -0.2) is 0 Å². The molecule has 0 saturated carbocycles. The molecule has 1 N–H and O–H groups in total. The summed E-state index contributed by atoms with van der Waals surface area (Å²) in [5.74, 6) is 1.58. The molecule has 0 aromatic carbocycles. The van der Waals surface area contributed by atoms with Crippen molar-refractivity contribution in [3.63, 3.8) is 0 Å². The molecule has 1 aromatic rings. The van der Waals surface area contributed by atoms with Crippen LogP contribution in [0.15, 0.2) is 18.5 Å². The fraction of sp³-hybridized carbons (Fsp3) is 0.667. The van der Waals surface area contributed by atoms with E-state index < -0.39 is 0 Å².